The molecule has 1 amide bonds. The van der Waals surface area contributed by atoms with Gasteiger partial charge in [-0.1, -0.05) is 23.4 Å². The minimum Gasteiger partial charge on any atom is -0.395 e. The van der Waals surface area contributed by atoms with Crippen LogP contribution in [0.3, 0.4) is 0 Å². The molecule has 0 atom stereocenters. The predicted octanol–water partition coefficient (Wildman–Crippen LogP) is 3.70. The van der Waals surface area contributed by atoms with Gasteiger partial charge >= 0.3 is 0 Å². The van der Waals surface area contributed by atoms with Crippen LogP contribution in [0.2, 0.25) is 5.02 Å². The van der Waals surface area contributed by atoms with Crippen molar-refractivity contribution in [2.24, 2.45) is 0 Å². The van der Waals surface area contributed by atoms with Crippen molar-refractivity contribution in [2.75, 3.05) is 11.9 Å². The Morgan fingerprint density at radius 3 is 2.90 bits per heavy atom. The average molecular weight is 320 g/mol. The molecule has 0 unspecified atom stereocenters. The highest BCUT2D eigenvalue weighted by Gasteiger charge is 2.12. The quantitative estimate of drug-likeness (QED) is 0.848. The van der Waals surface area contributed by atoms with E-state index in [1.54, 1.807) is 18.2 Å². The number of aliphatic hydroxyl groups is 1. The molecule has 0 saturated heterocycles. The van der Waals surface area contributed by atoms with E-state index in [0.717, 1.165) is 5.56 Å². The number of thiophene rings is 1. The highest BCUT2D eigenvalue weighted by molar-refractivity contribution is 7.08. The largest absolute Gasteiger partial charge is 0.395 e. The lowest BCUT2D eigenvalue weighted by atomic mass is 10.1. The number of rotatable bonds is 3. The van der Waals surface area contributed by atoms with Crippen molar-refractivity contribution >= 4 is 34.5 Å². The number of aliphatic hydroxyl groups excluding tert-OH is 1. The first-order chi connectivity index (χ1) is 10.1. The lowest BCUT2D eigenvalue weighted by Crippen LogP contribution is -2.13. The highest BCUT2D eigenvalue weighted by Crippen LogP contribution is 2.22. The Morgan fingerprint density at radius 2 is 2.24 bits per heavy atom. The Labute approximate surface area is 132 Å². The molecule has 1 aromatic carbocycles. The molecule has 0 radical (unpaired) electrons. The molecule has 0 fully saturated rings. The number of hydrogen-bond donors (Lipinski definition) is 2. The lowest BCUT2D eigenvalue weighted by Gasteiger charge is -2.08. The normalized spacial score (nSPS) is 9.86. The molecule has 1 heterocycles. The number of carbonyl (C=O) groups is 1. The van der Waals surface area contributed by atoms with Crippen LogP contribution in [0.1, 0.15) is 27.9 Å². The Balaban J connectivity index is 2.27. The zero-order valence-corrected chi connectivity index (χ0v) is 13.0. The Hall–Kier alpha value is -1.80. The van der Waals surface area contributed by atoms with Crippen molar-refractivity contribution in [3.8, 4) is 11.8 Å². The van der Waals surface area contributed by atoms with E-state index in [1.165, 1.54) is 11.3 Å². The summed E-state index contributed by atoms with van der Waals surface area (Å²) in [4.78, 5) is 12.3. The minimum atomic E-state index is -0.179. The number of anilines is 1. The fourth-order valence-electron chi connectivity index (χ4n) is 1.73. The molecule has 1 aromatic heterocycles. The van der Waals surface area contributed by atoms with E-state index < -0.39 is 0 Å². The van der Waals surface area contributed by atoms with Gasteiger partial charge in [0.05, 0.1) is 17.9 Å². The molecule has 2 N–H and O–H groups in total. The third kappa shape index (κ3) is 4.08. The molecule has 108 valence electrons. The second-order valence-electron chi connectivity index (χ2n) is 4.39. The van der Waals surface area contributed by atoms with Crippen LogP contribution >= 0.6 is 22.9 Å². The molecule has 0 bridgehead atoms. The molecule has 2 aromatic rings. The highest BCUT2D eigenvalue weighted by atomic mass is 35.5. The number of amides is 1. The molecule has 2 rings (SSSR count). The number of carbonyl (C=O) groups excluding carboxylic acids is 1. The van der Waals surface area contributed by atoms with Crippen LogP contribution in [0.15, 0.2) is 29.0 Å². The van der Waals surface area contributed by atoms with Crippen LogP contribution in [-0.2, 0) is 0 Å². The summed E-state index contributed by atoms with van der Waals surface area (Å²) in [7, 11) is 0. The minimum absolute atomic E-state index is 0.0103. The molecular weight excluding hydrogens is 306 g/mol. The summed E-state index contributed by atoms with van der Waals surface area (Å²) in [6.45, 7) is 1.90. The van der Waals surface area contributed by atoms with Crippen molar-refractivity contribution in [1.82, 2.24) is 0 Å². The molecule has 5 heteroatoms. The number of hydrogen-bond acceptors (Lipinski definition) is 3. The van der Waals surface area contributed by atoms with Gasteiger partial charge in [-0.25, -0.2) is 0 Å². The number of aryl methyl sites for hydroxylation is 1. The molecule has 0 aliphatic rings. The third-order valence-electron chi connectivity index (χ3n) is 2.79. The zero-order chi connectivity index (χ0) is 15.2. The summed E-state index contributed by atoms with van der Waals surface area (Å²) in [5.41, 5.74) is 2.83. The van der Waals surface area contributed by atoms with Gasteiger partial charge in [0.25, 0.3) is 5.91 Å². The smallest absolute Gasteiger partial charge is 0.256 e. The van der Waals surface area contributed by atoms with E-state index >= 15 is 0 Å². The first-order valence-electron chi connectivity index (χ1n) is 6.35. The summed E-state index contributed by atoms with van der Waals surface area (Å²) in [6.07, 6.45) is 0.389. The standard InChI is InChI=1S/C16H14ClNO2S/c1-11-9-21-10-14(11)16(20)18-15-8-13(17)6-5-12(15)4-2-3-7-19/h5-6,8-10,19H,3,7H2,1H3,(H,18,20). The SMILES string of the molecule is Cc1cscc1C(=O)Nc1cc(Cl)ccc1C#CCCO. The first-order valence-corrected chi connectivity index (χ1v) is 7.67. The van der Waals surface area contributed by atoms with Gasteiger partial charge in [0.15, 0.2) is 0 Å². The Kier molecular flexibility index (Phi) is 5.40. The number of halogens is 1. The van der Waals surface area contributed by atoms with Crippen molar-refractivity contribution < 1.29 is 9.90 Å². The van der Waals surface area contributed by atoms with E-state index in [9.17, 15) is 4.79 Å². The molecule has 0 spiro atoms. The predicted molar refractivity (Wildman–Crippen MR) is 87.0 cm³/mol. The van der Waals surface area contributed by atoms with Crippen LogP contribution in [0.25, 0.3) is 0 Å². The molecule has 3 nitrogen and oxygen atoms in total. The van der Waals surface area contributed by atoms with E-state index in [-0.39, 0.29) is 12.5 Å². The van der Waals surface area contributed by atoms with Crippen LogP contribution < -0.4 is 5.32 Å². The maximum absolute atomic E-state index is 12.3. The summed E-state index contributed by atoms with van der Waals surface area (Å²) in [6, 6.07) is 5.14. The van der Waals surface area contributed by atoms with Gasteiger partial charge in [-0.05, 0) is 36.1 Å². The van der Waals surface area contributed by atoms with Gasteiger partial charge in [0, 0.05) is 22.4 Å². The second kappa shape index (κ2) is 7.28. The zero-order valence-electron chi connectivity index (χ0n) is 11.4. The number of benzene rings is 1. The van der Waals surface area contributed by atoms with E-state index in [0.29, 0.717) is 28.3 Å². The number of nitrogens with one attached hydrogen (secondary N) is 1. The van der Waals surface area contributed by atoms with Gasteiger partial charge in [-0.3, -0.25) is 4.79 Å². The van der Waals surface area contributed by atoms with E-state index in [1.807, 2.05) is 17.7 Å². The van der Waals surface area contributed by atoms with Crippen molar-refractivity contribution in [3.63, 3.8) is 0 Å². The van der Waals surface area contributed by atoms with E-state index in [2.05, 4.69) is 17.2 Å². The molecular formula is C16H14ClNO2S. The summed E-state index contributed by atoms with van der Waals surface area (Å²) >= 11 is 7.47. The fraction of sp³-hybridized carbons (Fsp3) is 0.188. The topological polar surface area (TPSA) is 49.3 Å². The summed E-state index contributed by atoms with van der Waals surface area (Å²) in [5.74, 6) is 5.58. The molecule has 0 aliphatic heterocycles. The maximum atomic E-state index is 12.3. The van der Waals surface area contributed by atoms with Crippen molar-refractivity contribution in [1.29, 1.82) is 0 Å². The maximum Gasteiger partial charge on any atom is 0.256 e. The Morgan fingerprint density at radius 1 is 1.43 bits per heavy atom. The van der Waals surface area contributed by atoms with Crippen LogP contribution in [0, 0.1) is 18.8 Å². The monoisotopic (exact) mass is 319 g/mol. The van der Waals surface area contributed by atoms with Gasteiger partial charge < -0.3 is 10.4 Å². The second-order valence-corrected chi connectivity index (χ2v) is 5.57. The molecule has 21 heavy (non-hydrogen) atoms. The van der Waals surface area contributed by atoms with Crippen molar-refractivity contribution in [3.05, 3.63) is 50.7 Å². The van der Waals surface area contributed by atoms with Crippen molar-refractivity contribution in [2.45, 2.75) is 13.3 Å². The van der Waals surface area contributed by atoms with Gasteiger partial charge in [-0.2, -0.15) is 11.3 Å². The molecule has 0 saturated carbocycles. The van der Waals surface area contributed by atoms with Crippen LogP contribution in [0.5, 0.6) is 0 Å². The first kappa shape index (κ1) is 15.6. The van der Waals surface area contributed by atoms with Gasteiger partial charge in [-0.15, -0.1) is 0 Å². The van der Waals surface area contributed by atoms with Crippen LogP contribution in [-0.4, -0.2) is 17.6 Å². The summed E-state index contributed by atoms with van der Waals surface area (Å²) in [5, 5.41) is 15.9. The van der Waals surface area contributed by atoms with Crippen LogP contribution in [0.4, 0.5) is 5.69 Å². The lowest BCUT2D eigenvalue weighted by molar-refractivity contribution is 0.102. The fourth-order valence-corrected chi connectivity index (χ4v) is 2.73. The summed E-state index contributed by atoms with van der Waals surface area (Å²) < 4.78 is 0. The molecule has 0 aliphatic carbocycles. The van der Waals surface area contributed by atoms with Gasteiger partial charge in [0.1, 0.15) is 0 Å². The van der Waals surface area contributed by atoms with Gasteiger partial charge in [0.2, 0.25) is 0 Å². The Bertz CT molecular complexity index is 713. The third-order valence-corrected chi connectivity index (χ3v) is 3.89. The average Bonchev–Trinajstić information content (AvgIpc) is 2.88. The van der Waals surface area contributed by atoms with E-state index in [4.69, 9.17) is 16.7 Å².